The molecule has 2 aliphatic heterocycles. The first kappa shape index (κ1) is 8.97. The van der Waals surface area contributed by atoms with Gasteiger partial charge in [-0.3, -0.25) is 9.69 Å². The molecule has 13 heavy (non-hydrogen) atoms. The molecule has 2 aliphatic rings. The fourth-order valence-electron chi connectivity index (χ4n) is 2.05. The predicted octanol–water partition coefficient (Wildman–Crippen LogP) is 0.0226. The van der Waals surface area contributed by atoms with E-state index in [1.807, 2.05) is 0 Å². The predicted molar refractivity (Wildman–Crippen MR) is 46.4 cm³/mol. The smallest absolute Gasteiger partial charge is 0.323 e. The first-order chi connectivity index (χ1) is 6.31. The standard InChI is InChI=1S/C9H15NO3/c1-12-7-2-4-10(6-7)8-3-5-13-9(8)11/h7-8H,2-6H2,1H3/t7-,8?/m1/s1. The van der Waals surface area contributed by atoms with Crippen LogP contribution in [0, 0.1) is 0 Å². The summed E-state index contributed by atoms with van der Waals surface area (Å²) in [7, 11) is 1.72. The second kappa shape index (κ2) is 3.64. The van der Waals surface area contributed by atoms with Crippen LogP contribution in [0.25, 0.3) is 0 Å². The van der Waals surface area contributed by atoms with E-state index in [0.717, 1.165) is 25.9 Å². The van der Waals surface area contributed by atoms with E-state index in [4.69, 9.17) is 9.47 Å². The fourth-order valence-corrected chi connectivity index (χ4v) is 2.05. The van der Waals surface area contributed by atoms with E-state index in [0.29, 0.717) is 12.7 Å². The molecule has 4 heteroatoms. The highest BCUT2D eigenvalue weighted by Crippen LogP contribution is 2.20. The molecule has 2 saturated heterocycles. The number of methoxy groups -OCH3 is 1. The van der Waals surface area contributed by atoms with Gasteiger partial charge in [0.25, 0.3) is 0 Å². The van der Waals surface area contributed by atoms with Crippen molar-refractivity contribution in [1.29, 1.82) is 0 Å². The van der Waals surface area contributed by atoms with Crippen LogP contribution in [0.3, 0.4) is 0 Å². The normalized spacial score (nSPS) is 35.3. The van der Waals surface area contributed by atoms with E-state index in [9.17, 15) is 4.79 Å². The minimum atomic E-state index is -0.0586. The van der Waals surface area contributed by atoms with Crippen molar-refractivity contribution in [3.8, 4) is 0 Å². The Bertz CT molecular complexity index is 207. The number of carbonyl (C=O) groups is 1. The average molecular weight is 185 g/mol. The lowest BCUT2D eigenvalue weighted by atomic mass is 10.2. The van der Waals surface area contributed by atoms with Gasteiger partial charge in [-0.05, 0) is 6.42 Å². The minimum Gasteiger partial charge on any atom is -0.464 e. The number of hydrogen-bond donors (Lipinski definition) is 0. The Morgan fingerprint density at radius 2 is 2.38 bits per heavy atom. The van der Waals surface area contributed by atoms with E-state index in [1.165, 1.54) is 0 Å². The molecule has 74 valence electrons. The molecule has 2 rings (SSSR count). The Morgan fingerprint density at radius 3 is 2.92 bits per heavy atom. The van der Waals surface area contributed by atoms with Crippen molar-refractivity contribution >= 4 is 5.97 Å². The third-order valence-corrected chi connectivity index (χ3v) is 2.86. The van der Waals surface area contributed by atoms with Crippen LogP contribution in [-0.2, 0) is 14.3 Å². The van der Waals surface area contributed by atoms with Crippen LogP contribution in [0.4, 0.5) is 0 Å². The van der Waals surface area contributed by atoms with Crippen LogP contribution in [0.2, 0.25) is 0 Å². The molecule has 0 aromatic carbocycles. The summed E-state index contributed by atoms with van der Waals surface area (Å²) in [6, 6.07) is 0.000139. The average Bonchev–Trinajstić information content (AvgIpc) is 2.71. The highest BCUT2D eigenvalue weighted by molar-refractivity contribution is 5.77. The van der Waals surface area contributed by atoms with Crippen LogP contribution in [0.5, 0.6) is 0 Å². The van der Waals surface area contributed by atoms with E-state index >= 15 is 0 Å². The lowest BCUT2D eigenvalue weighted by molar-refractivity contribution is -0.142. The number of hydrogen-bond acceptors (Lipinski definition) is 4. The van der Waals surface area contributed by atoms with Crippen molar-refractivity contribution < 1.29 is 14.3 Å². The lowest BCUT2D eigenvalue weighted by Crippen LogP contribution is -2.37. The van der Waals surface area contributed by atoms with Crippen LogP contribution in [-0.4, -0.2) is 49.8 Å². The molecule has 2 heterocycles. The van der Waals surface area contributed by atoms with Crippen molar-refractivity contribution in [1.82, 2.24) is 4.90 Å². The molecule has 0 aromatic heterocycles. The summed E-state index contributed by atoms with van der Waals surface area (Å²) in [5.74, 6) is -0.0586. The van der Waals surface area contributed by atoms with Crippen molar-refractivity contribution in [2.45, 2.75) is 25.0 Å². The SMILES string of the molecule is CO[C@@H]1CCN(C2CCOC2=O)C1. The van der Waals surface area contributed by atoms with Gasteiger partial charge in [-0.2, -0.15) is 0 Å². The Hall–Kier alpha value is -0.610. The zero-order chi connectivity index (χ0) is 9.26. The maximum absolute atomic E-state index is 11.3. The Kier molecular flexibility index (Phi) is 2.51. The molecular weight excluding hydrogens is 170 g/mol. The number of carbonyl (C=O) groups excluding carboxylic acids is 1. The quantitative estimate of drug-likeness (QED) is 0.569. The Balaban J connectivity index is 1.91. The monoisotopic (exact) mass is 185 g/mol. The molecule has 0 aliphatic carbocycles. The number of nitrogens with zero attached hydrogens (tertiary/aromatic N) is 1. The summed E-state index contributed by atoms with van der Waals surface area (Å²) in [6.45, 7) is 2.41. The van der Waals surface area contributed by atoms with Gasteiger partial charge in [0, 0.05) is 26.6 Å². The second-order valence-electron chi connectivity index (χ2n) is 3.61. The summed E-state index contributed by atoms with van der Waals surface area (Å²) in [6.07, 6.45) is 2.17. The number of ether oxygens (including phenoxy) is 2. The first-order valence-electron chi connectivity index (χ1n) is 4.74. The van der Waals surface area contributed by atoms with Crippen LogP contribution in [0.15, 0.2) is 0 Å². The van der Waals surface area contributed by atoms with Crippen LogP contribution in [0.1, 0.15) is 12.8 Å². The van der Waals surface area contributed by atoms with Gasteiger partial charge in [-0.15, -0.1) is 0 Å². The summed E-state index contributed by atoms with van der Waals surface area (Å²) in [5, 5.41) is 0. The highest BCUT2D eigenvalue weighted by atomic mass is 16.5. The molecule has 0 bridgehead atoms. The molecule has 0 aromatic rings. The lowest BCUT2D eigenvalue weighted by Gasteiger charge is -2.19. The van der Waals surface area contributed by atoms with E-state index in [2.05, 4.69) is 4.90 Å². The van der Waals surface area contributed by atoms with Crippen LogP contribution >= 0.6 is 0 Å². The third-order valence-electron chi connectivity index (χ3n) is 2.86. The van der Waals surface area contributed by atoms with Gasteiger partial charge in [-0.25, -0.2) is 0 Å². The minimum absolute atomic E-state index is 0.000139. The van der Waals surface area contributed by atoms with Gasteiger partial charge in [-0.1, -0.05) is 0 Å². The molecule has 0 radical (unpaired) electrons. The zero-order valence-corrected chi connectivity index (χ0v) is 7.86. The van der Waals surface area contributed by atoms with E-state index in [-0.39, 0.29) is 12.0 Å². The van der Waals surface area contributed by atoms with E-state index in [1.54, 1.807) is 7.11 Å². The topological polar surface area (TPSA) is 38.8 Å². The summed E-state index contributed by atoms with van der Waals surface area (Å²) in [5.41, 5.74) is 0. The Labute approximate surface area is 77.8 Å². The summed E-state index contributed by atoms with van der Waals surface area (Å²) >= 11 is 0. The van der Waals surface area contributed by atoms with Gasteiger partial charge >= 0.3 is 5.97 Å². The molecule has 0 amide bonds. The van der Waals surface area contributed by atoms with Gasteiger partial charge < -0.3 is 9.47 Å². The highest BCUT2D eigenvalue weighted by Gasteiger charge is 2.36. The third kappa shape index (κ3) is 1.69. The molecule has 0 saturated carbocycles. The first-order valence-corrected chi connectivity index (χ1v) is 4.74. The molecule has 0 spiro atoms. The zero-order valence-electron chi connectivity index (χ0n) is 7.86. The molecule has 1 unspecified atom stereocenters. The Morgan fingerprint density at radius 1 is 1.54 bits per heavy atom. The van der Waals surface area contributed by atoms with Crippen molar-refractivity contribution in [3.05, 3.63) is 0 Å². The van der Waals surface area contributed by atoms with Gasteiger partial charge in [0.2, 0.25) is 0 Å². The number of esters is 1. The maximum atomic E-state index is 11.3. The van der Waals surface area contributed by atoms with Crippen LogP contribution < -0.4 is 0 Å². The molecule has 4 nitrogen and oxygen atoms in total. The maximum Gasteiger partial charge on any atom is 0.323 e. The van der Waals surface area contributed by atoms with Gasteiger partial charge in [0.1, 0.15) is 6.04 Å². The molecule has 0 N–H and O–H groups in total. The number of likely N-dealkylation sites (tertiary alicyclic amines) is 1. The fraction of sp³-hybridized carbons (Fsp3) is 0.889. The largest absolute Gasteiger partial charge is 0.464 e. The number of cyclic esters (lactones) is 1. The van der Waals surface area contributed by atoms with Crippen molar-refractivity contribution in [3.63, 3.8) is 0 Å². The van der Waals surface area contributed by atoms with E-state index < -0.39 is 0 Å². The summed E-state index contributed by atoms with van der Waals surface area (Å²) < 4.78 is 10.2. The van der Waals surface area contributed by atoms with Crippen molar-refractivity contribution in [2.75, 3.05) is 26.8 Å². The van der Waals surface area contributed by atoms with Gasteiger partial charge in [0.05, 0.1) is 12.7 Å². The second-order valence-corrected chi connectivity index (χ2v) is 3.61. The summed E-state index contributed by atoms with van der Waals surface area (Å²) in [4.78, 5) is 13.4. The molecule has 2 fully saturated rings. The number of rotatable bonds is 2. The molecular formula is C9H15NO3. The molecule has 2 atom stereocenters. The van der Waals surface area contributed by atoms with Crippen molar-refractivity contribution in [2.24, 2.45) is 0 Å². The van der Waals surface area contributed by atoms with Gasteiger partial charge in [0.15, 0.2) is 0 Å².